The lowest BCUT2D eigenvalue weighted by Crippen LogP contribution is -2.29. The van der Waals surface area contributed by atoms with E-state index in [1.54, 1.807) is 6.07 Å². The maximum Gasteiger partial charge on any atom is 0.425 e. The second-order valence-electron chi connectivity index (χ2n) is 11.6. The molecular weight excluding hydrogens is 471 g/mol. The average Bonchev–Trinajstić information content (AvgIpc) is 2.85. The molecule has 3 fully saturated rings. The molecule has 0 radical (unpaired) electrons. The lowest BCUT2D eigenvalue weighted by molar-refractivity contribution is -0.135. The van der Waals surface area contributed by atoms with E-state index in [1.165, 1.54) is 70.3 Å². The quantitative estimate of drug-likeness (QED) is 0.315. The first kappa shape index (κ1) is 27.4. The lowest BCUT2D eigenvalue weighted by atomic mass is 9.64. The van der Waals surface area contributed by atoms with Gasteiger partial charge in [0.15, 0.2) is 11.6 Å². The van der Waals surface area contributed by atoms with E-state index in [-0.39, 0.29) is 5.92 Å². The van der Waals surface area contributed by atoms with Crippen LogP contribution in [0.2, 0.25) is 0 Å². The van der Waals surface area contributed by atoms with Gasteiger partial charge < -0.3 is 4.74 Å². The van der Waals surface area contributed by atoms with Gasteiger partial charge in [-0.05, 0) is 117 Å². The van der Waals surface area contributed by atoms with E-state index >= 15 is 0 Å². The zero-order valence-electron chi connectivity index (χ0n) is 21.5. The maximum absolute atomic E-state index is 14.4. The highest BCUT2D eigenvalue weighted by Crippen LogP contribution is 2.47. The van der Waals surface area contributed by atoms with E-state index in [0.717, 1.165) is 66.9 Å². The van der Waals surface area contributed by atoms with E-state index in [1.807, 2.05) is 0 Å². The van der Waals surface area contributed by atoms with Gasteiger partial charge in [0, 0.05) is 0 Å². The third kappa shape index (κ3) is 7.25. The molecule has 4 rings (SSSR count). The predicted octanol–water partition coefficient (Wildman–Crippen LogP) is 10.3. The van der Waals surface area contributed by atoms with Crippen LogP contribution in [0.25, 0.3) is 0 Å². The summed E-state index contributed by atoms with van der Waals surface area (Å²) < 4.78 is 69.8. The van der Waals surface area contributed by atoms with Crippen LogP contribution in [0, 0.1) is 35.4 Å². The molecule has 3 saturated carbocycles. The van der Waals surface area contributed by atoms with Crippen LogP contribution in [0.15, 0.2) is 30.4 Å². The van der Waals surface area contributed by atoms with Gasteiger partial charge >= 0.3 is 6.11 Å². The molecule has 0 unspecified atom stereocenters. The maximum atomic E-state index is 14.4. The van der Waals surface area contributed by atoms with Crippen molar-refractivity contribution >= 4 is 0 Å². The summed E-state index contributed by atoms with van der Waals surface area (Å²) in [5.74, 6) is 2.92. The minimum atomic E-state index is -4.26. The number of hydrogen-bond donors (Lipinski definition) is 0. The number of alkyl halides is 2. The standard InChI is InChI=1S/C30H41F5O/c1-2-3-20-4-6-21(7-5-20)22-8-10-23(11-9-22)24-12-14-25(15-13-24)26-16-17-28(27(31)18-26)36-30(34,35)19-29(32)33/h16-25H,2-15H2,1H3. The molecule has 1 aromatic rings. The molecular formula is C30H41F5O. The Balaban J connectivity index is 1.23. The van der Waals surface area contributed by atoms with E-state index < -0.39 is 29.8 Å². The van der Waals surface area contributed by atoms with E-state index in [4.69, 9.17) is 0 Å². The van der Waals surface area contributed by atoms with Crippen LogP contribution in [0.1, 0.15) is 108 Å². The van der Waals surface area contributed by atoms with Gasteiger partial charge in [0.05, 0.1) is 6.08 Å². The van der Waals surface area contributed by atoms with Gasteiger partial charge in [-0.2, -0.15) is 17.6 Å². The molecule has 0 bridgehead atoms. The van der Waals surface area contributed by atoms with E-state index in [2.05, 4.69) is 11.7 Å². The molecule has 0 amide bonds. The third-order valence-corrected chi connectivity index (χ3v) is 9.46. The summed E-state index contributed by atoms with van der Waals surface area (Å²) in [5, 5.41) is 0. The molecule has 6 heteroatoms. The smallest absolute Gasteiger partial charge is 0.425 e. The predicted molar refractivity (Wildman–Crippen MR) is 133 cm³/mol. The lowest BCUT2D eigenvalue weighted by Gasteiger charge is -2.41. The summed E-state index contributed by atoms with van der Waals surface area (Å²) in [5.41, 5.74) is 0.774. The monoisotopic (exact) mass is 512 g/mol. The van der Waals surface area contributed by atoms with Gasteiger partial charge in [0.2, 0.25) is 0 Å². The summed E-state index contributed by atoms with van der Waals surface area (Å²) in [6.07, 6.45) is 10.7. The van der Waals surface area contributed by atoms with Crippen molar-refractivity contribution in [2.24, 2.45) is 29.6 Å². The van der Waals surface area contributed by atoms with Crippen LogP contribution >= 0.6 is 0 Å². The van der Waals surface area contributed by atoms with Gasteiger partial charge in [-0.3, -0.25) is 0 Å². The zero-order chi connectivity index (χ0) is 25.7. The second kappa shape index (κ2) is 12.3. The number of halogens is 5. The third-order valence-electron chi connectivity index (χ3n) is 9.46. The summed E-state index contributed by atoms with van der Waals surface area (Å²) in [4.78, 5) is 0. The first-order valence-electron chi connectivity index (χ1n) is 14.1. The Hall–Kier alpha value is -1.59. The Morgan fingerprint density at radius 1 is 0.833 bits per heavy atom. The fraction of sp³-hybridized carbons (Fsp3) is 0.733. The van der Waals surface area contributed by atoms with Crippen LogP contribution in [-0.4, -0.2) is 6.11 Å². The molecule has 0 N–H and O–H groups in total. The number of ether oxygens (including phenoxy) is 1. The Morgan fingerprint density at radius 3 is 1.81 bits per heavy atom. The average molecular weight is 513 g/mol. The zero-order valence-corrected chi connectivity index (χ0v) is 21.5. The Kier molecular flexibility index (Phi) is 9.38. The normalized spacial score (nSPS) is 31.6. The minimum Gasteiger partial charge on any atom is -0.426 e. The van der Waals surface area contributed by atoms with Crippen molar-refractivity contribution < 1.29 is 26.7 Å². The molecule has 1 aromatic carbocycles. The highest BCUT2D eigenvalue weighted by molar-refractivity contribution is 5.32. The Labute approximate surface area is 212 Å². The molecule has 3 aliphatic carbocycles. The molecule has 202 valence electrons. The Bertz CT molecular complexity index is 856. The van der Waals surface area contributed by atoms with Gasteiger partial charge in [0.25, 0.3) is 6.08 Å². The van der Waals surface area contributed by atoms with Crippen LogP contribution in [0.3, 0.4) is 0 Å². The fourth-order valence-electron chi connectivity index (χ4n) is 7.53. The van der Waals surface area contributed by atoms with Crippen molar-refractivity contribution in [1.82, 2.24) is 0 Å². The molecule has 0 spiro atoms. The van der Waals surface area contributed by atoms with Crippen LogP contribution in [0.4, 0.5) is 22.0 Å². The van der Waals surface area contributed by atoms with E-state index in [9.17, 15) is 22.0 Å². The highest BCUT2D eigenvalue weighted by Gasteiger charge is 2.35. The molecule has 0 heterocycles. The topological polar surface area (TPSA) is 9.23 Å². The molecule has 0 saturated heterocycles. The van der Waals surface area contributed by atoms with Crippen LogP contribution in [0.5, 0.6) is 5.75 Å². The fourth-order valence-corrected chi connectivity index (χ4v) is 7.53. The van der Waals surface area contributed by atoms with E-state index in [0.29, 0.717) is 0 Å². The number of hydrogen-bond acceptors (Lipinski definition) is 1. The highest BCUT2D eigenvalue weighted by atomic mass is 19.3. The summed E-state index contributed by atoms with van der Waals surface area (Å²) in [6.45, 7) is 2.30. The summed E-state index contributed by atoms with van der Waals surface area (Å²) >= 11 is 0. The SMILES string of the molecule is CCCC1CCC(C2CCC(C3CCC(c4ccc(OC(F)(F)C=C(F)F)c(F)c4)CC3)CC2)CC1. The number of benzene rings is 1. The van der Waals surface area contributed by atoms with Crippen molar-refractivity contribution in [3.8, 4) is 5.75 Å². The van der Waals surface area contributed by atoms with Gasteiger partial charge in [-0.25, -0.2) is 4.39 Å². The van der Waals surface area contributed by atoms with Crippen LogP contribution in [-0.2, 0) is 0 Å². The number of rotatable bonds is 8. The summed E-state index contributed by atoms with van der Waals surface area (Å²) in [6, 6.07) is 3.95. The molecule has 0 aromatic heterocycles. The second-order valence-corrected chi connectivity index (χ2v) is 11.6. The van der Waals surface area contributed by atoms with Crippen LogP contribution < -0.4 is 4.74 Å². The molecule has 3 aliphatic rings. The largest absolute Gasteiger partial charge is 0.426 e. The summed E-state index contributed by atoms with van der Waals surface area (Å²) in [7, 11) is 0. The van der Waals surface area contributed by atoms with Crippen molar-refractivity contribution in [2.75, 3.05) is 0 Å². The van der Waals surface area contributed by atoms with Crippen molar-refractivity contribution in [3.63, 3.8) is 0 Å². The van der Waals surface area contributed by atoms with Crippen molar-refractivity contribution in [2.45, 2.75) is 109 Å². The molecule has 1 nitrogen and oxygen atoms in total. The first-order valence-corrected chi connectivity index (χ1v) is 14.1. The van der Waals surface area contributed by atoms with Crippen molar-refractivity contribution in [1.29, 1.82) is 0 Å². The molecule has 0 atom stereocenters. The minimum absolute atomic E-state index is 0.197. The van der Waals surface area contributed by atoms with Crippen molar-refractivity contribution in [3.05, 3.63) is 41.7 Å². The first-order chi connectivity index (χ1) is 17.2. The van der Waals surface area contributed by atoms with Gasteiger partial charge in [-0.15, -0.1) is 0 Å². The Morgan fingerprint density at radius 2 is 1.33 bits per heavy atom. The van der Waals surface area contributed by atoms with Gasteiger partial charge in [0.1, 0.15) is 0 Å². The molecule has 0 aliphatic heterocycles. The molecule has 36 heavy (non-hydrogen) atoms. The van der Waals surface area contributed by atoms with Gasteiger partial charge in [-0.1, -0.05) is 38.7 Å².